The van der Waals surface area contributed by atoms with E-state index in [-0.39, 0.29) is 0 Å². The van der Waals surface area contributed by atoms with Crippen molar-refractivity contribution in [2.24, 2.45) is 0 Å². The lowest BCUT2D eigenvalue weighted by Crippen LogP contribution is -1.92. The molecule has 3 rings (SSSR count). The highest BCUT2D eigenvalue weighted by atomic mass is 35.5. The molecular formula is C12H12ClN3. The van der Waals surface area contributed by atoms with Crippen molar-refractivity contribution in [1.29, 1.82) is 0 Å². The number of hydrogen-bond acceptors (Lipinski definition) is 2. The highest BCUT2D eigenvalue weighted by molar-refractivity contribution is 6.29. The van der Waals surface area contributed by atoms with E-state index in [4.69, 9.17) is 11.6 Å². The second-order valence-corrected chi connectivity index (χ2v) is 4.65. The largest absolute Gasteiger partial charge is 0.269 e. The summed E-state index contributed by atoms with van der Waals surface area (Å²) in [5, 5.41) is 4.91. The monoisotopic (exact) mass is 233 g/mol. The number of hydrogen-bond donors (Lipinski definition) is 0. The van der Waals surface area contributed by atoms with Crippen molar-refractivity contribution >= 4 is 11.6 Å². The Balaban J connectivity index is 2.03. The molecule has 0 amide bonds. The number of aryl methyl sites for hydroxylation is 1. The summed E-state index contributed by atoms with van der Waals surface area (Å²) in [6, 6.07) is 2.51. The van der Waals surface area contributed by atoms with Crippen LogP contribution >= 0.6 is 11.6 Å². The predicted molar refractivity (Wildman–Crippen MR) is 63.5 cm³/mol. The molecule has 82 valence electrons. The zero-order valence-corrected chi connectivity index (χ0v) is 9.78. The lowest BCUT2D eigenvalue weighted by Gasteiger charge is -2.02. The van der Waals surface area contributed by atoms with Gasteiger partial charge in [0.05, 0.1) is 12.2 Å². The van der Waals surface area contributed by atoms with Crippen LogP contribution in [0.15, 0.2) is 24.7 Å². The van der Waals surface area contributed by atoms with Crippen LogP contribution in [0, 0.1) is 6.92 Å². The summed E-state index contributed by atoms with van der Waals surface area (Å²) >= 11 is 5.91. The van der Waals surface area contributed by atoms with E-state index in [0.29, 0.717) is 11.2 Å². The van der Waals surface area contributed by atoms with Crippen LogP contribution in [0.4, 0.5) is 0 Å². The fourth-order valence-corrected chi connectivity index (χ4v) is 1.98. The predicted octanol–water partition coefficient (Wildman–Crippen LogP) is 3.24. The molecule has 0 saturated heterocycles. The second kappa shape index (κ2) is 3.59. The molecule has 0 atom stereocenters. The number of rotatable bonds is 2. The molecule has 0 unspecified atom stereocenters. The molecule has 0 radical (unpaired) electrons. The van der Waals surface area contributed by atoms with Gasteiger partial charge in [-0.3, -0.25) is 4.68 Å². The first-order chi connectivity index (χ1) is 7.74. The van der Waals surface area contributed by atoms with Gasteiger partial charge in [0.15, 0.2) is 0 Å². The van der Waals surface area contributed by atoms with Crippen molar-refractivity contribution in [1.82, 2.24) is 14.8 Å². The summed E-state index contributed by atoms with van der Waals surface area (Å²) in [6.07, 6.45) is 8.29. The fourth-order valence-electron chi connectivity index (χ4n) is 1.83. The van der Waals surface area contributed by atoms with Crippen LogP contribution in [-0.2, 0) is 0 Å². The molecule has 1 fully saturated rings. The quantitative estimate of drug-likeness (QED) is 0.746. The molecule has 16 heavy (non-hydrogen) atoms. The van der Waals surface area contributed by atoms with Crippen LogP contribution in [-0.4, -0.2) is 14.8 Å². The van der Waals surface area contributed by atoms with Gasteiger partial charge in [-0.1, -0.05) is 11.6 Å². The van der Waals surface area contributed by atoms with E-state index in [9.17, 15) is 0 Å². The second-order valence-electron chi connectivity index (χ2n) is 4.26. The van der Waals surface area contributed by atoms with Gasteiger partial charge in [-0.25, -0.2) is 4.98 Å². The molecule has 2 aromatic heterocycles. The summed E-state index contributed by atoms with van der Waals surface area (Å²) in [4.78, 5) is 4.06. The lowest BCUT2D eigenvalue weighted by atomic mass is 10.1. The molecule has 1 aliphatic carbocycles. The average Bonchev–Trinajstić information content (AvgIpc) is 3.01. The smallest absolute Gasteiger partial charge is 0.129 e. The number of nitrogens with zero attached hydrogens (tertiary/aromatic N) is 3. The van der Waals surface area contributed by atoms with Gasteiger partial charge in [0.25, 0.3) is 0 Å². The first-order valence-electron chi connectivity index (χ1n) is 5.41. The third kappa shape index (κ3) is 1.71. The Morgan fingerprint density at radius 1 is 1.38 bits per heavy atom. The first kappa shape index (κ1) is 9.85. The molecule has 0 aliphatic heterocycles. The topological polar surface area (TPSA) is 30.7 Å². The third-order valence-corrected chi connectivity index (χ3v) is 3.11. The van der Waals surface area contributed by atoms with Gasteiger partial charge in [-0.05, 0) is 37.0 Å². The molecule has 0 aromatic carbocycles. The molecule has 2 aromatic rings. The van der Waals surface area contributed by atoms with E-state index in [2.05, 4.69) is 16.3 Å². The molecular weight excluding hydrogens is 222 g/mol. The van der Waals surface area contributed by atoms with Crippen molar-refractivity contribution in [2.45, 2.75) is 25.8 Å². The zero-order chi connectivity index (χ0) is 11.1. The summed E-state index contributed by atoms with van der Waals surface area (Å²) in [6.45, 7) is 2.03. The molecule has 2 heterocycles. The molecule has 0 spiro atoms. The van der Waals surface area contributed by atoms with E-state index in [0.717, 1.165) is 16.7 Å². The van der Waals surface area contributed by atoms with Crippen LogP contribution in [0.25, 0.3) is 11.1 Å². The van der Waals surface area contributed by atoms with Gasteiger partial charge >= 0.3 is 0 Å². The Hall–Kier alpha value is -1.35. The minimum absolute atomic E-state index is 0.528. The SMILES string of the molecule is Cc1cnc(Cl)cc1-c1cnn(C2CC2)c1. The molecule has 3 nitrogen and oxygen atoms in total. The Labute approximate surface area is 99.1 Å². The van der Waals surface area contributed by atoms with Gasteiger partial charge in [0, 0.05) is 18.0 Å². The maximum absolute atomic E-state index is 5.91. The zero-order valence-electron chi connectivity index (χ0n) is 9.02. The fraction of sp³-hybridized carbons (Fsp3) is 0.333. The highest BCUT2D eigenvalue weighted by Crippen LogP contribution is 2.35. The maximum atomic E-state index is 5.91. The number of pyridine rings is 1. The Bertz CT molecular complexity index is 529. The number of halogens is 1. The van der Waals surface area contributed by atoms with E-state index in [1.54, 1.807) is 6.20 Å². The normalized spacial score (nSPS) is 15.4. The van der Waals surface area contributed by atoms with Gasteiger partial charge in [0.2, 0.25) is 0 Å². The maximum Gasteiger partial charge on any atom is 0.129 e. The average molecular weight is 234 g/mol. The van der Waals surface area contributed by atoms with E-state index >= 15 is 0 Å². The lowest BCUT2D eigenvalue weighted by molar-refractivity contribution is 0.642. The Kier molecular flexibility index (Phi) is 2.21. The van der Waals surface area contributed by atoms with Crippen molar-refractivity contribution < 1.29 is 0 Å². The van der Waals surface area contributed by atoms with Crippen LogP contribution in [0.2, 0.25) is 5.15 Å². The molecule has 1 saturated carbocycles. The van der Waals surface area contributed by atoms with E-state index in [1.165, 1.54) is 12.8 Å². The summed E-state index contributed by atoms with van der Waals surface area (Å²) in [5.74, 6) is 0. The number of aromatic nitrogens is 3. The van der Waals surface area contributed by atoms with Crippen molar-refractivity contribution in [3.63, 3.8) is 0 Å². The highest BCUT2D eigenvalue weighted by Gasteiger charge is 2.24. The van der Waals surface area contributed by atoms with Crippen LogP contribution < -0.4 is 0 Å². The van der Waals surface area contributed by atoms with Crippen LogP contribution in [0.5, 0.6) is 0 Å². The van der Waals surface area contributed by atoms with E-state index < -0.39 is 0 Å². The van der Waals surface area contributed by atoms with E-state index in [1.807, 2.05) is 23.9 Å². The molecule has 1 aliphatic rings. The van der Waals surface area contributed by atoms with Crippen molar-refractivity contribution in [3.8, 4) is 11.1 Å². The molecule has 4 heteroatoms. The molecule has 0 bridgehead atoms. The minimum Gasteiger partial charge on any atom is -0.269 e. The third-order valence-electron chi connectivity index (χ3n) is 2.90. The summed E-state index contributed by atoms with van der Waals surface area (Å²) < 4.78 is 2.04. The van der Waals surface area contributed by atoms with Crippen molar-refractivity contribution in [2.75, 3.05) is 0 Å². The van der Waals surface area contributed by atoms with Crippen LogP contribution in [0.3, 0.4) is 0 Å². The minimum atomic E-state index is 0.528. The van der Waals surface area contributed by atoms with Gasteiger partial charge in [0.1, 0.15) is 5.15 Å². The Morgan fingerprint density at radius 3 is 2.94 bits per heavy atom. The van der Waals surface area contributed by atoms with Gasteiger partial charge < -0.3 is 0 Å². The molecule has 0 N–H and O–H groups in total. The first-order valence-corrected chi connectivity index (χ1v) is 5.78. The van der Waals surface area contributed by atoms with Crippen LogP contribution in [0.1, 0.15) is 24.4 Å². The van der Waals surface area contributed by atoms with Gasteiger partial charge in [-0.2, -0.15) is 5.10 Å². The van der Waals surface area contributed by atoms with Crippen molar-refractivity contribution in [3.05, 3.63) is 35.4 Å². The van der Waals surface area contributed by atoms with Gasteiger partial charge in [-0.15, -0.1) is 0 Å². The summed E-state index contributed by atoms with van der Waals surface area (Å²) in [5.41, 5.74) is 3.36. The Morgan fingerprint density at radius 2 is 2.19 bits per heavy atom. The standard InChI is InChI=1S/C12H12ClN3/c1-8-5-14-12(13)4-11(8)9-6-15-16(7-9)10-2-3-10/h4-7,10H,2-3H2,1H3. The summed E-state index contributed by atoms with van der Waals surface area (Å²) in [7, 11) is 0.